The van der Waals surface area contributed by atoms with Crippen molar-refractivity contribution in [3.05, 3.63) is 0 Å². The molecule has 0 aromatic carbocycles. The number of hydrogen-bond donors (Lipinski definition) is 0. The molecule has 0 atom stereocenters. The summed E-state index contributed by atoms with van der Waals surface area (Å²) in [6.07, 6.45) is 0.466. The van der Waals surface area contributed by atoms with Gasteiger partial charge in [0.2, 0.25) is 0 Å². The minimum Gasteiger partial charge on any atom is -0.748 e. The van der Waals surface area contributed by atoms with Gasteiger partial charge in [0.1, 0.15) is 0 Å². The summed E-state index contributed by atoms with van der Waals surface area (Å²) in [5.74, 6) is 1.60. The first kappa shape index (κ1) is 18.3. The monoisotopic (exact) mass is 284 g/mol. The molecule has 0 aliphatic carbocycles. The second-order valence-electron chi connectivity index (χ2n) is 2.17. The van der Waals surface area contributed by atoms with Crippen molar-refractivity contribution in [2.45, 2.75) is 13.3 Å². The van der Waals surface area contributed by atoms with Gasteiger partial charge in [0.15, 0.2) is 0 Å². The summed E-state index contributed by atoms with van der Waals surface area (Å²) < 4.78 is 30.6. The Morgan fingerprint density at radius 3 is 2.43 bits per heavy atom. The van der Waals surface area contributed by atoms with Gasteiger partial charge in [0.05, 0.1) is 10.1 Å². The van der Waals surface area contributed by atoms with E-state index in [1.165, 1.54) is 0 Å². The summed E-state index contributed by atoms with van der Waals surface area (Å²) in [7, 11) is -0.446. The number of thioether (sulfide) groups is 1. The van der Waals surface area contributed by atoms with Gasteiger partial charge in [-0.05, 0) is 12.2 Å². The van der Waals surface area contributed by atoms with Gasteiger partial charge in [-0.25, -0.2) is 8.42 Å². The molecule has 3 nitrogen and oxygen atoms in total. The van der Waals surface area contributed by atoms with E-state index in [1.807, 2.05) is 0 Å². The summed E-state index contributed by atoms with van der Waals surface area (Å²) in [5, 5.41) is 0.956. The molecule has 0 saturated heterocycles. The Morgan fingerprint density at radius 1 is 1.29 bits per heavy atom. The summed E-state index contributed by atoms with van der Waals surface area (Å²) in [4.78, 5) is 0. The van der Waals surface area contributed by atoms with Gasteiger partial charge in [-0.2, -0.15) is 11.8 Å². The molecule has 0 saturated carbocycles. The molecule has 0 fully saturated rings. The van der Waals surface area contributed by atoms with Crippen molar-refractivity contribution in [3.63, 3.8) is 0 Å². The molecule has 0 aromatic heterocycles. The second kappa shape index (κ2) is 11.4. The van der Waals surface area contributed by atoms with Crippen LogP contribution in [0.5, 0.6) is 0 Å². The maximum Gasteiger partial charge on any atom is 1.00 e. The van der Waals surface area contributed by atoms with Crippen LogP contribution in [0.4, 0.5) is 0 Å². The van der Waals surface area contributed by atoms with E-state index in [2.05, 4.69) is 6.92 Å². The van der Waals surface area contributed by atoms with Crippen LogP contribution in [-0.2, 0) is 10.1 Å². The molecule has 0 aliphatic rings. The minimum atomic E-state index is -4.00. The molecule has 0 rings (SSSR count). The van der Waals surface area contributed by atoms with E-state index >= 15 is 0 Å². The fourth-order valence-electron chi connectivity index (χ4n) is 0.548. The average Bonchev–Trinajstić information content (AvgIpc) is 2.01. The smallest absolute Gasteiger partial charge is 0.748 e. The molecule has 0 amide bonds. The molecule has 0 unspecified atom stereocenters. The molecule has 0 heterocycles. The van der Waals surface area contributed by atoms with E-state index in [-0.39, 0.29) is 35.3 Å². The van der Waals surface area contributed by atoms with Crippen LogP contribution in [0.15, 0.2) is 0 Å². The molecule has 80 valence electrons. The van der Waals surface area contributed by atoms with E-state index in [1.54, 1.807) is 33.3 Å². The van der Waals surface area contributed by atoms with Crippen molar-refractivity contribution in [1.29, 1.82) is 0 Å². The fraction of sp³-hybridized carbons (Fsp3) is 1.00. The number of rotatable bonds is 8. The molecule has 8 heteroatoms. The van der Waals surface area contributed by atoms with Crippen LogP contribution in [-0.4, -0.2) is 35.3 Å². The molecule has 0 bridgehead atoms. The third-order valence-corrected chi connectivity index (χ3v) is 5.91. The van der Waals surface area contributed by atoms with Crippen LogP contribution in [0.2, 0.25) is 0 Å². The summed E-state index contributed by atoms with van der Waals surface area (Å²) in [6, 6.07) is 0. The van der Waals surface area contributed by atoms with Gasteiger partial charge < -0.3 is 4.55 Å². The molecule has 0 spiro atoms. The van der Waals surface area contributed by atoms with Gasteiger partial charge in [0.25, 0.3) is 0 Å². The largest absolute Gasteiger partial charge is 1.00 e. The molecule has 0 N–H and O–H groups in total. The Kier molecular flexibility index (Phi) is 15.0. The Morgan fingerprint density at radius 2 is 1.93 bits per heavy atom. The molecule has 14 heavy (non-hydrogen) atoms. The zero-order chi connectivity index (χ0) is 10.2. The van der Waals surface area contributed by atoms with Gasteiger partial charge >= 0.3 is 29.6 Å². The first-order chi connectivity index (χ1) is 6.06. The van der Waals surface area contributed by atoms with Crippen molar-refractivity contribution in [1.82, 2.24) is 0 Å². The summed E-state index contributed by atoms with van der Waals surface area (Å²) in [6.45, 7) is 2.09. The maximum atomic E-state index is 10.2. The predicted molar refractivity (Wildman–Crippen MR) is 62.2 cm³/mol. The zero-order valence-electron chi connectivity index (χ0n) is 8.39. The van der Waals surface area contributed by atoms with E-state index in [0.717, 1.165) is 16.6 Å². The molecule has 0 aromatic rings. The Bertz CT molecular complexity index is 207. The first-order valence-electron chi connectivity index (χ1n) is 3.82. The Balaban J connectivity index is 0. The molecule has 0 radical (unpaired) electrons. The SMILES string of the molecule is CCSSCSCCCS(=O)(=O)[O-].[Na+]. The first-order valence-corrected chi connectivity index (χ1v) is 9.04. The van der Waals surface area contributed by atoms with Crippen LogP contribution < -0.4 is 29.6 Å². The topological polar surface area (TPSA) is 57.2 Å². The van der Waals surface area contributed by atoms with Crippen molar-refractivity contribution in [2.24, 2.45) is 0 Å². The third kappa shape index (κ3) is 16.4. The fourth-order valence-corrected chi connectivity index (χ4v) is 4.48. The van der Waals surface area contributed by atoms with Crippen molar-refractivity contribution in [2.75, 3.05) is 22.3 Å². The third-order valence-electron chi connectivity index (χ3n) is 1.02. The molecular weight excluding hydrogens is 271 g/mol. The van der Waals surface area contributed by atoms with Gasteiger partial charge in [-0.15, -0.1) is 0 Å². The summed E-state index contributed by atoms with van der Waals surface area (Å²) >= 11 is 1.67. The van der Waals surface area contributed by atoms with Crippen LogP contribution in [0.25, 0.3) is 0 Å². The van der Waals surface area contributed by atoms with E-state index < -0.39 is 10.1 Å². The number of hydrogen-bond acceptors (Lipinski definition) is 6. The van der Waals surface area contributed by atoms with Gasteiger partial charge in [-0.3, -0.25) is 0 Å². The van der Waals surface area contributed by atoms with Crippen LogP contribution in [0.1, 0.15) is 13.3 Å². The second-order valence-corrected chi connectivity index (χ2v) is 7.91. The Hall–Kier alpha value is 1.96. The van der Waals surface area contributed by atoms with Crippen molar-refractivity contribution < 1.29 is 42.5 Å². The van der Waals surface area contributed by atoms with E-state index in [0.29, 0.717) is 6.42 Å². The average molecular weight is 284 g/mol. The van der Waals surface area contributed by atoms with Gasteiger partial charge in [0, 0.05) is 16.6 Å². The predicted octanol–water partition coefficient (Wildman–Crippen LogP) is -0.982. The molecule has 0 aliphatic heterocycles. The maximum absolute atomic E-state index is 10.2. The van der Waals surface area contributed by atoms with E-state index in [4.69, 9.17) is 0 Å². The normalized spacial score (nSPS) is 11.0. The molecular formula is C6H13NaO3S4. The standard InChI is InChI=1S/C6H14O3S4.Na/c1-2-11-12-6-10-4-3-5-13(7,8)9;/h2-6H2,1H3,(H,7,8,9);/q;+1/p-1. The quantitative estimate of drug-likeness (QED) is 0.188. The minimum absolute atomic E-state index is 0. The summed E-state index contributed by atoms with van der Waals surface area (Å²) in [5.41, 5.74) is 0. The van der Waals surface area contributed by atoms with Crippen LogP contribution in [0.3, 0.4) is 0 Å². The van der Waals surface area contributed by atoms with Crippen LogP contribution >= 0.6 is 33.3 Å². The zero-order valence-corrected chi connectivity index (χ0v) is 13.7. The van der Waals surface area contributed by atoms with Crippen molar-refractivity contribution >= 4 is 43.5 Å². The Labute approximate surface area is 120 Å². The van der Waals surface area contributed by atoms with E-state index in [9.17, 15) is 13.0 Å². The van der Waals surface area contributed by atoms with Gasteiger partial charge in [-0.1, -0.05) is 28.5 Å². The van der Waals surface area contributed by atoms with Crippen molar-refractivity contribution in [3.8, 4) is 0 Å². The van der Waals surface area contributed by atoms with Crippen LogP contribution in [0, 0.1) is 0 Å².